The molecule has 0 spiro atoms. The standard InChI is InChI=1S/C17H21NOS/c1-12(10-16-4-3-9-20-16)18-13(2)14-5-6-17-15(11-14)7-8-19-17/h3-6,9,11-13,18H,7-8,10H2,1-2H3. The lowest BCUT2D eigenvalue weighted by atomic mass is 10.0. The summed E-state index contributed by atoms with van der Waals surface area (Å²) in [6.07, 6.45) is 2.14. The number of benzene rings is 1. The van der Waals surface area contributed by atoms with Crippen LogP contribution in [-0.2, 0) is 12.8 Å². The molecular weight excluding hydrogens is 266 g/mol. The van der Waals surface area contributed by atoms with E-state index >= 15 is 0 Å². The van der Waals surface area contributed by atoms with Gasteiger partial charge >= 0.3 is 0 Å². The van der Waals surface area contributed by atoms with E-state index < -0.39 is 0 Å². The molecule has 2 atom stereocenters. The fourth-order valence-electron chi connectivity index (χ4n) is 2.79. The third-order valence-electron chi connectivity index (χ3n) is 3.84. The van der Waals surface area contributed by atoms with Crippen molar-refractivity contribution in [1.82, 2.24) is 5.32 Å². The van der Waals surface area contributed by atoms with E-state index in [0.717, 1.165) is 25.2 Å². The summed E-state index contributed by atoms with van der Waals surface area (Å²) < 4.78 is 5.57. The van der Waals surface area contributed by atoms with Gasteiger partial charge in [-0.25, -0.2) is 0 Å². The Kier molecular flexibility index (Phi) is 4.08. The van der Waals surface area contributed by atoms with Gasteiger partial charge in [-0.2, -0.15) is 0 Å². The fraction of sp³-hybridized carbons (Fsp3) is 0.412. The first-order chi connectivity index (χ1) is 9.72. The highest BCUT2D eigenvalue weighted by atomic mass is 32.1. The smallest absolute Gasteiger partial charge is 0.122 e. The van der Waals surface area contributed by atoms with Crippen LogP contribution >= 0.6 is 11.3 Å². The van der Waals surface area contributed by atoms with Crippen molar-refractivity contribution < 1.29 is 4.74 Å². The summed E-state index contributed by atoms with van der Waals surface area (Å²) in [6, 6.07) is 11.8. The van der Waals surface area contributed by atoms with Crippen LogP contribution in [0.5, 0.6) is 5.75 Å². The van der Waals surface area contributed by atoms with E-state index in [1.165, 1.54) is 16.0 Å². The lowest BCUT2D eigenvalue weighted by molar-refractivity contribution is 0.356. The van der Waals surface area contributed by atoms with Crippen LogP contribution < -0.4 is 10.1 Å². The normalized spacial score (nSPS) is 16.5. The molecule has 0 saturated heterocycles. The van der Waals surface area contributed by atoms with Crippen molar-refractivity contribution in [2.75, 3.05) is 6.61 Å². The van der Waals surface area contributed by atoms with Gasteiger partial charge in [-0.3, -0.25) is 0 Å². The summed E-state index contributed by atoms with van der Waals surface area (Å²) in [5.41, 5.74) is 2.70. The van der Waals surface area contributed by atoms with Gasteiger partial charge in [0, 0.05) is 23.4 Å². The lowest BCUT2D eigenvalue weighted by Crippen LogP contribution is -2.30. The molecule has 1 aliphatic rings. The molecular formula is C17H21NOS. The molecule has 0 amide bonds. The summed E-state index contributed by atoms with van der Waals surface area (Å²) in [4.78, 5) is 1.44. The second kappa shape index (κ2) is 5.98. The van der Waals surface area contributed by atoms with Crippen LogP contribution in [0.1, 0.15) is 35.9 Å². The zero-order chi connectivity index (χ0) is 13.9. The van der Waals surface area contributed by atoms with E-state index in [9.17, 15) is 0 Å². The molecule has 0 aliphatic carbocycles. The van der Waals surface area contributed by atoms with Crippen LogP contribution in [0.25, 0.3) is 0 Å². The number of thiophene rings is 1. The van der Waals surface area contributed by atoms with Gasteiger partial charge in [-0.15, -0.1) is 11.3 Å². The lowest BCUT2D eigenvalue weighted by Gasteiger charge is -2.20. The highest BCUT2D eigenvalue weighted by Crippen LogP contribution is 2.28. The summed E-state index contributed by atoms with van der Waals surface area (Å²) in [6.45, 7) is 5.32. The maximum atomic E-state index is 5.57. The zero-order valence-electron chi connectivity index (χ0n) is 12.1. The molecule has 2 heterocycles. The van der Waals surface area contributed by atoms with Crippen LogP contribution in [-0.4, -0.2) is 12.6 Å². The first kappa shape index (κ1) is 13.7. The van der Waals surface area contributed by atoms with Crippen molar-refractivity contribution in [3.05, 3.63) is 51.7 Å². The second-order valence-corrected chi connectivity index (χ2v) is 6.57. The number of nitrogens with one attached hydrogen (secondary N) is 1. The topological polar surface area (TPSA) is 21.3 Å². The van der Waals surface area contributed by atoms with Gasteiger partial charge in [0.25, 0.3) is 0 Å². The molecule has 1 aromatic heterocycles. The molecule has 2 aromatic rings. The molecule has 2 nitrogen and oxygen atoms in total. The molecule has 0 bridgehead atoms. The third-order valence-corrected chi connectivity index (χ3v) is 4.73. The first-order valence-electron chi connectivity index (χ1n) is 7.26. The molecule has 20 heavy (non-hydrogen) atoms. The number of hydrogen-bond donors (Lipinski definition) is 1. The maximum Gasteiger partial charge on any atom is 0.122 e. The van der Waals surface area contributed by atoms with Gasteiger partial charge in [0.15, 0.2) is 0 Å². The molecule has 1 aliphatic heterocycles. The van der Waals surface area contributed by atoms with Crippen LogP contribution in [0.4, 0.5) is 0 Å². The highest BCUT2D eigenvalue weighted by Gasteiger charge is 2.15. The fourth-order valence-corrected chi connectivity index (χ4v) is 3.62. The van der Waals surface area contributed by atoms with Crippen molar-refractivity contribution in [3.8, 4) is 5.75 Å². The Morgan fingerprint density at radius 1 is 1.30 bits per heavy atom. The van der Waals surface area contributed by atoms with Crippen LogP contribution in [0.15, 0.2) is 35.7 Å². The van der Waals surface area contributed by atoms with Crippen molar-refractivity contribution in [3.63, 3.8) is 0 Å². The van der Waals surface area contributed by atoms with Gasteiger partial charge in [-0.1, -0.05) is 18.2 Å². The Balaban J connectivity index is 1.62. The van der Waals surface area contributed by atoms with E-state index in [-0.39, 0.29) is 0 Å². The Labute approximate surface area is 124 Å². The van der Waals surface area contributed by atoms with Gasteiger partial charge in [0.2, 0.25) is 0 Å². The van der Waals surface area contributed by atoms with E-state index in [4.69, 9.17) is 4.74 Å². The van der Waals surface area contributed by atoms with Gasteiger partial charge in [0.05, 0.1) is 6.61 Å². The second-order valence-electron chi connectivity index (χ2n) is 5.54. The Morgan fingerprint density at radius 2 is 2.20 bits per heavy atom. The Hall–Kier alpha value is -1.32. The van der Waals surface area contributed by atoms with Crippen molar-refractivity contribution in [1.29, 1.82) is 0 Å². The van der Waals surface area contributed by atoms with Crippen molar-refractivity contribution in [2.24, 2.45) is 0 Å². The number of hydrogen-bond acceptors (Lipinski definition) is 3. The summed E-state index contributed by atoms with van der Waals surface area (Å²) in [5, 5.41) is 5.84. The van der Waals surface area contributed by atoms with Gasteiger partial charge in [0.1, 0.15) is 5.75 Å². The minimum Gasteiger partial charge on any atom is -0.493 e. The van der Waals surface area contributed by atoms with Crippen LogP contribution in [0.2, 0.25) is 0 Å². The van der Waals surface area contributed by atoms with E-state index in [1.54, 1.807) is 0 Å². The maximum absolute atomic E-state index is 5.57. The Morgan fingerprint density at radius 3 is 3.00 bits per heavy atom. The Bertz CT molecular complexity index is 564. The first-order valence-corrected chi connectivity index (χ1v) is 8.14. The quantitative estimate of drug-likeness (QED) is 0.898. The average molecular weight is 287 g/mol. The van der Waals surface area contributed by atoms with E-state index in [2.05, 4.69) is 54.9 Å². The van der Waals surface area contributed by atoms with Gasteiger partial charge < -0.3 is 10.1 Å². The largest absolute Gasteiger partial charge is 0.493 e. The number of rotatable bonds is 5. The SMILES string of the molecule is CC(Cc1cccs1)NC(C)c1ccc2c(c1)CCO2. The van der Waals surface area contributed by atoms with E-state index in [1.807, 2.05) is 11.3 Å². The minimum atomic E-state index is 0.371. The molecule has 0 radical (unpaired) electrons. The van der Waals surface area contributed by atoms with E-state index in [0.29, 0.717) is 12.1 Å². The molecule has 3 rings (SSSR count). The molecule has 3 heteroatoms. The van der Waals surface area contributed by atoms with Crippen molar-refractivity contribution >= 4 is 11.3 Å². The molecule has 106 valence electrons. The molecule has 1 N–H and O–H groups in total. The van der Waals surface area contributed by atoms with Crippen LogP contribution in [0, 0.1) is 0 Å². The molecule has 0 fully saturated rings. The number of fused-ring (bicyclic) bond motifs is 1. The summed E-state index contributed by atoms with van der Waals surface area (Å²) >= 11 is 1.83. The monoisotopic (exact) mass is 287 g/mol. The minimum absolute atomic E-state index is 0.371. The number of ether oxygens (including phenoxy) is 1. The molecule has 2 unspecified atom stereocenters. The zero-order valence-corrected chi connectivity index (χ0v) is 12.9. The molecule has 1 aromatic carbocycles. The highest BCUT2D eigenvalue weighted by molar-refractivity contribution is 7.09. The third kappa shape index (κ3) is 3.05. The van der Waals surface area contributed by atoms with Crippen LogP contribution in [0.3, 0.4) is 0 Å². The summed E-state index contributed by atoms with van der Waals surface area (Å²) in [5.74, 6) is 1.06. The van der Waals surface area contributed by atoms with Gasteiger partial charge in [-0.05, 0) is 48.9 Å². The molecule has 0 saturated carbocycles. The predicted octanol–water partition coefficient (Wildman–Crippen LogP) is 3.96. The van der Waals surface area contributed by atoms with Crippen molar-refractivity contribution in [2.45, 2.75) is 38.8 Å². The summed E-state index contributed by atoms with van der Waals surface area (Å²) in [7, 11) is 0. The average Bonchev–Trinajstić information content (AvgIpc) is 3.07. The predicted molar refractivity (Wildman–Crippen MR) is 84.7 cm³/mol.